The minimum atomic E-state index is -0.303. The van der Waals surface area contributed by atoms with Gasteiger partial charge in [0.2, 0.25) is 0 Å². The van der Waals surface area contributed by atoms with Crippen LogP contribution < -0.4 is 14.8 Å². The van der Waals surface area contributed by atoms with Crippen LogP contribution in [0.5, 0.6) is 11.5 Å². The number of ether oxygens (including phenoxy) is 2. The van der Waals surface area contributed by atoms with Crippen LogP contribution in [0.3, 0.4) is 0 Å². The highest BCUT2D eigenvalue weighted by atomic mass is 35.5. The van der Waals surface area contributed by atoms with Crippen LogP contribution in [0.15, 0.2) is 36.5 Å². The van der Waals surface area contributed by atoms with Crippen LogP contribution in [0.1, 0.15) is 35.1 Å². The second-order valence-corrected chi connectivity index (χ2v) is 6.60. The van der Waals surface area contributed by atoms with Crippen molar-refractivity contribution in [3.63, 3.8) is 0 Å². The van der Waals surface area contributed by atoms with E-state index < -0.39 is 0 Å². The summed E-state index contributed by atoms with van der Waals surface area (Å²) in [6.45, 7) is 0. The van der Waals surface area contributed by atoms with Gasteiger partial charge in [-0.25, -0.2) is 4.98 Å². The fourth-order valence-electron chi connectivity index (χ4n) is 3.00. The lowest BCUT2D eigenvalue weighted by Gasteiger charge is -2.12. The largest absolute Gasteiger partial charge is 0.495 e. The topological polar surface area (TPSA) is 64.9 Å². The summed E-state index contributed by atoms with van der Waals surface area (Å²) in [4.78, 5) is 17.5. The van der Waals surface area contributed by atoms with Gasteiger partial charge in [-0.15, -0.1) is 0 Å². The number of methoxy groups -OCH3 is 2. The molecule has 1 aliphatic rings. The van der Waals surface area contributed by atoms with Gasteiger partial charge in [-0.05, 0) is 25.0 Å². The van der Waals surface area contributed by atoms with E-state index in [4.69, 9.17) is 21.1 Å². The summed E-state index contributed by atoms with van der Waals surface area (Å²) in [7, 11) is 3.04. The average molecular weight is 372 g/mol. The van der Waals surface area contributed by atoms with Crippen molar-refractivity contribution in [3.05, 3.63) is 53.1 Å². The first kappa shape index (κ1) is 16.7. The fraction of sp³-hybridized carbons (Fsp3) is 0.263. The molecule has 0 bridgehead atoms. The molecular formula is C19H18ClN3O3. The molecule has 1 amide bonds. The zero-order valence-corrected chi connectivity index (χ0v) is 15.2. The van der Waals surface area contributed by atoms with Gasteiger partial charge in [0.1, 0.15) is 17.3 Å². The Hall–Kier alpha value is -2.73. The van der Waals surface area contributed by atoms with Crippen LogP contribution in [-0.4, -0.2) is 29.5 Å². The molecule has 26 heavy (non-hydrogen) atoms. The molecule has 134 valence electrons. The van der Waals surface area contributed by atoms with Crippen molar-refractivity contribution in [1.82, 2.24) is 9.38 Å². The average Bonchev–Trinajstić information content (AvgIpc) is 3.42. The van der Waals surface area contributed by atoms with Gasteiger partial charge in [0, 0.05) is 24.2 Å². The van der Waals surface area contributed by atoms with Crippen molar-refractivity contribution in [3.8, 4) is 11.5 Å². The van der Waals surface area contributed by atoms with Gasteiger partial charge in [-0.2, -0.15) is 0 Å². The number of fused-ring (bicyclic) bond motifs is 1. The SMILES string of the molecule is COc1cc(NC(=O)c2nc(C3CC3)n3ccccc23)c(OC)cc1Cl. The molecule has 6 nitrogen and oxygen atoms in total. The van der Waals surface area contributed by atoms with Crippen molar-refractivity contribution < 1.29 is 14.3 Å². The van der Waals surface area contributed by atoms with Gasteiger partial charge in [-0.1, -0.05) is 17.7 Å². The number of nitrogens with one attached hydrogen (secondary N) is 1. The summed E-state index contributed by atoms with van der Waals surface area (Å²) >= 11 is 6.12. The molecule has 0 radical (unpaired) electrons. The summed E-state index contributed by atoms with van der Waals surface area (Å²) in [6.07, 6.45) is 4.16. The van der Waals surface area contributed by atoms with Crippen molar-refractivity contribution in [2.75, 3.05) is 19.5 Å². The fourth-order valence-corrected chi connectivity index (χ4v) is 3.23. The molecule has 0 saturated heterocycles. The quantitative estimate of drug-likeness (QED) is 0.732. The van der Waals surface area contributed by atoms with Crippen LogP contribution in [0.25, 0.3) is 5.52 Å². The highest BCUT2D eigenvalue weighted by molar-refractivity contribution is 6.32. The lowest BCUT2D eigenvalue weighted by Crippen LogP contribution is -2.14. The van der Waals surface area contributed by atoms with Gasteiger partial charge in [0.25, 0.3) is 5.91 Å². The Kier molecular flexibility index (Phi) is 4.20. The molecule has 7 heteroatoms. The van der Waals surface area contributed by atoms with Crippen molar-refractivity contribution in [2.45, 2.75) is 18.8 Å². The van der Waals surface area contributed by atoms with Crippen molar-refractivity contribution in [1.29, 1.82) is 0 Å². The highest BCUT2D eigenvalue weighted by Crippen LogP contribution is 2.40. The van der Waals surface area contributed by atoms with Gasteiger partial charge >= 0.3 is 0 Å². The van der Waals surface area contributed by atoms with Crippen molar-refractivity contribution in [2.24, 2.45) is 0 Å². The van der Waals surface area contributed by atoms with E-state index in [1.165, 1.54) is 14.2 Å². The molecule has 2 heterocycles. The van der Waals surface area contributed by atoms with E-state index in [-0.39, 0.29) is 5.91 Å². The lowest BCUT2D eigenvalue weighted by atomic mass is 10.2. The van der Waals surface area contributed by atoms with Crippen LogP contribution in [0.2, 0.25) is 5.02 Å². The predicted molar refractivity (Wildman–Crippen MR) is 99.7 cm³/mol. The predicted octanol–water partition coefficient (Wildman–Crippen LogP) is 4.13. The highest BCUT2D eigenvalue weighted by Gasteiger charge is 2.30. The minimum absolute atomic E-state index is 0.303. The monoisotopic (exact) mass is 371 g/mol. The number of carbonyl (C=O) groups excluding carboxylic acids is 1. The van der Waals surface area contributed by atoms with E-state index in [0.717, 1.165) is 24.2 Å². The Morgan fingerprint density at radius 1 is 1.23 bits per heavy atom. The maximum atomic E-state index is 12.9. The molecule has 3 aromatic rings. The molecule has 0 aliphatic heterocycles. The molecule has 1 fully saturated rings. The Morgan fingerprint density at radius 3 is 2.69 bits per heavy atom. The Balaban J connectivity index is 1.72. The number of halogens is 1. The zero-order valence-electron chi connectivity index (χ0n) is 14.5. The summed E-state index contributed by atoms with van der Waals surface area (Å²) in [6, 6.07) is 8.98. The number of hydrogen-bond acceptors (Lipinski definition) is 4. The molecule has 0 atom stereocenters. The second kappa shape index (κ2) is 6.53. The van der Waals surface area contributed by atoms with E-state index in [1.807, 2.05) is 28.8 Å². The lowest BCUT2D eigenvalue weighted by molar-refractivity contribution is 0.102. The standard InChI is InChI=1S/C19H18ClN3O3/c1-25-15-10-13(16(26-2)9-12(15)20)21-19(24)17-14-5-3-4-8-23(14)18(22-17)11-6-7-11/h3-5,8-11H,6-7H2,1-2H3,(H,21,24). The number of amides is 1. The molecule has 1 aliphatic carbocycles. The maximum absolute atomic E-state index is 12.9. The Bertz CT molecular complexity index is 995. The normalized spacial score (nSPS) is 13.7. The third-order valence-corrected chi connectivity index (χ3v) is 4.75. The number of pyridine rings is 1. The first-order valence-electron chi connectivity index (χ1n) is 8.32. The molecule has 2 aromatic heterocycles. The van der Waals surface area contributed by atoms with Crippen molar-refractivity contribution >= 4 is 28.7 Å². The van der Waals surface area contributed by atoms with E-state index in [0.29, 0.717) is 33.8 Å². The number of rotatable bonds is 5. The van der Waals surface area contributed by atoms with Gasteiger partial charge in [0.15, 0.2) is 5.69 Å². The number of hydrogen-bond donors (Lipinski definition) is 1. The van der Waals surface area contributed by atoms with Gasteiger partial charge in [-0.3, -0.25) is 4.79 Å². The molecule has 0 spiro atoms. The van der Waals surface area contributed by atoms with Gasteiger partial charge in [0.05, 0.1) is 30.4 Å². The minimum Gasteiger partial charge on any atom is -0.495 e. The summed E-state index contributed by atoms with van der Waals surface area (Å²) < 4.78 is 12.5. The van der Waals surface area contributed by atoms with Gasteiger partial charge < -0.3 is 19.2 Å². The van der Waals surface area contributed by atoms with Crippen LogP contribution in [0.4, 0.5) is 5.69 Å². The second-order valence-electron chi connectivity index (χ2n) is 6.19. The molecule has 1 N–H and O–H groups in total. The number of imidazole rings is 1. The summed E-state index contributed by atoms with van der Waals surface area (Å²) in [5.41, 5.74) is 1.65. The number of anilines is 1. The number of aromatic nitrogens is 2. The third kappa shape index (κ3) is 2.86. The van der Waals surface area contributed by atoms with Crippen LogP contribution >= 0.6 is 11.6 Å². The summed E-state index contributed by atoms with van der Waals surface area (Å²) in [5, 5.41) is 3.27. The van der Waals surface area contributed by atoms with E-state index in [9.17, 15) is 4.79 Å². The van der Waals surface area contributed by atoms with E-state index in [1.54, 1.807) is 12.1 Å². The third-order valence-electron chi connectivity index (χ3n) is 4.46. The zero-order chi connectivity index (χ0) is 18.3. The van der Waals surface area contributed by atoms with E-state index in [2.05, 4.69) is 10.3 Å². The summed E-state index contributed by atoms with van der Waals surface area (Å²) in [5.74, 6) is 1.97. The molecule has 1 saturated carbocycles. The molecule has 1 aromatic carbocycles. The van der Waals surface area contributed by atoms with E-state index >= 15 is 0 Å². The van der Waals surface area contributed by atoms with Crippen LogP contribution in [-0.2, 0) is 0 Å². The molecule has 0 unspecified atom stereocenters. The first-order chi connectivity index (χ1) is 12.6. The molecule has 4 rings (SSSR count). The molecular weight excluding hydrogens is 354 g/mol. The Labute approximate surface area is 155 Å². The maximum Gasteiger partial charge on any atom is 0.276 e. The number of benzene rings is 1. The Morgan fingerprint density at radius 2 is 2.00 bits per heavy atom. The van der Waals surface area contributed by atoms with Crippen LogP contribution in [0, 0.1) is 0 Å². The number of nitrogens with zero attached hydrogens (tertiary/aromatic N) is 2. The smallest absolute Gasteiger partial charge is 0.276 e. The first-order valence-corrected chi connectivity index (χ1v) is 8.70. The number of carbonyl (C=O) groups is 1.